The number of nitrogens with one attached hydrogen (secondary N) is 1. The summed E-state index contributed by atoms with van der Waals surface area (Å²) in [5, 5.41) is 7.78. The Labute approximate surface area is 126 Å². The topological polar surface area (TPSA) is 33.1 Å². The Balaban J connectivity index is 1.78. The third-order valence-electron chi connectivity index (χ3n) is 4.55. The number of likely N-dealkylation sites (N-methyl/N-ethyl adjacent to an activating group) is 2. The van der Waals surface area contributed by atoms with Crippen LogP contribution < -0.4 is 5.32 Å². The molecule has 4 heteroatoms. The lowest BCUT2D eigenvalue weighted by Crippen LogP contribution is -2.44. The van der Waals surface area contributed by atoms with Crippen molar-refractivity contribution < 1.29 is 0 Å². The van der Waals surface area contributed by atoms with Gasteiger partial charge in [0, 0.05) is 37.4 Å². The number of rotatable bonds is 4. The zero-order valence-electron chi connectivity index (χ0n) is 13.1. The highest BCUT2D eigenvalue weighted by atomic mass is 15.2. The molecule has 0 spiro atoms. The Bertz CT molecular complexity index is 604. The van der Waals surface area contributed by atoms with Crippen LogP contribution in [0.3, 0.4) is 0 Å². The highest BCUT2D eigenvalue weighted by Crippen LogP contribution is 2.32. The second-order valence-corrected chi connectivity index (χ2v) is 6.01. The monoisotopic (exact) mass is 284 g/mol. The van der Waals surface area contributed by atoms with Crippen LogP contribution in [0.15, 0.2) is 36.7 Å². The van der Waals surface area contributed by atoms with Crippen LogP contribution in [0.5, 0.6) is 0 Å². The van der Waals surface area contributed by atoms with Gasteiger partial charge in [-0.2, -0.15) is 5.10 Å². The zero-order chi connectivity index (χ0) is 14.8. The lowest BCUT2D eigenvalue weighted by atomic mass is 9.83. The van der Waals surface area contributed by atoms with Crippen molar-refractivity contribution in [2.24, 2.45) is 7.05 Å². The predicted octanol–water partition coefficient (Wildman–Crippen LogP) is 2.13. The molecule has 2 atom stereocenters. The minimum Gasteiger partial charge on any atom is -0.312 e. The third-order valence-corrected chi connectivity index (χ3v) is 4.55. The zero-order valence-corrected chi connectivity index (χ0v) is 13.1. The van der Waals surface area contributed by atoms with E-state index in [2.05, 4.69) is 59.9 Å². The minimum absolute atomic E-state index is 0.400. The van der Waals surface area contributed by atoms with Gasteiger partial charge in [0.2, 0.25) is 0 Å². The van der Waals surface area contributed by atoms with Crippen LogP contribution in [0.4, 0.5) is 0 Å². The van der Waals surface area contributed by atoms with Gasteiger partial charge in [0.25, 0.3) is 0 Å². The lowest BCUT2D eigenvalue weighted by Gasteiger charge is -2.39. The second-order valence-electron chi connectivity index (χ2n) is 6.01. The van der Waals surface area contributed by atoms with Gasteiger partial charge in [0.1, 0.15) is 0 Å². The molecular formula is C17H24N4. The van der Waals surface area contributed by atoms with Gasteiger partial charge in [-0.1, -0.05) is 24.3 Å². The molecular weight excluding hydrogens is 260 g/mol. The van der Waals surface area contributed by atoms with E-state index in [9.17, 15) is 0 Å². The van der Waals surface area contributed by atoms with Crippen LogP contribution in [0.1, 0.15) is 29.2 Å². The van der Waals surface area contributed by atoms with Crippen molar-refractivity contribution >= 4 is 0 Å². The summed E-state index contributed by atoms with van der Waals surface area (Å²) in [4.78, 5) is 2.45. The molecule has 0 saturated heterocycles. The summed E-state index contributed by atoms with van der Waals surface area (Å²) in [5.74, 6) is 0. The lowest BCUT2D eigenvalue weighted by molar-refractivity contribution is 0.170. The van der Waals surface area contributed by atoms with Crippen molar-refractivity contribution in [3.05, 3.63) is 53.3 Å². The maximum atomic E-state index is 4.26. The van der Waals surface area contributed by atoms with Crippen molar-refractivity contribution in [2.75, 3.05) is 14.1 Å². The highest BCUT2D eigenvalue weighted by Gasteiger charge is 2.30. The summed E-state index contributed by atoms with van der Waals surface area (Å²) in [7, 11) is 6.25. The van der Waals surface area contributed by atoms with Gasteiger partial charge in [0.15, 0.2) is 0 Å². The Morgan fingerprint density at radius 1 is 1.38 bits per heavy atom. The number of hydrogen-bond donors (Lipinski definition) is 1. The van der Waals surface area contributed by atoms with E-state index < -0.39 is 0 Å². The van der Waals surface area contributed by atoms with Crippen LogP contribution in [-0.2, 0) is 20.0 Å². The van der Waals surface area contributed by atoms with E-state index in [1.807, 2.05) is 17.9 Å². The predicted molar refractivity (Wildman–Crippen MR) is 85.0 cm³/mol. The number of aryl methyl sites for hydroxylation is 2. The van der Waals surface area contributed by atoms with Crippen LogP contribution in [0, 0.1) is 0 Å². The summed E-state index contributed by atoms with van der Waals surface area (Å²) in [6, 6.07) is 9.73. The van der Waals surface area contributed by atoms with Gasteiger partial charge in [-0.3, -0.25) is 9.58 Å². The fourth-order valence-electron chi connectivity index (χ4n) is 3.52. The first-order chi connectivity index (χ1) is 10.2. The van der Waals surface area contributed by atoms with Crippen LogP contribution in [0.2, 0.25) is 0 Å². The van der Waals surface area contributed by atoms with E-state index in [1.165, 1.54) is 23.1 Å². The molecule has 0 fully saturated rings. The molecule has 1 aliphatic rings. The van der Waals surface area contributed by atoms with E-state index in [4.69, 9.17) is 0 Å². The molecule has 1 aliphatic carbocycles. The van der Waals surface area contributed by atoms with Gasteiger partial charge in [-0.25, -0.2) is 0 Å². The van der Waals surface area contributed by atoms with Gasteiger partial charge in [-0.15, -0.1) is 0 Å². The summed E-state index contributed by atoms with van der Waals surface area (Å²) in [5.41, 5.74) is 4.21. The SMILES string of the molecule is CNC1c2ccccc2CCC1N(C)Cc1cnn(C)c1. The molecule has 1 heterocycles. The molecule has 0 aliphatic heterocycles. The Morgan fingerprint density at radius 2 is 2.19 bits per heavy atom. The average Bonchev–Trinajstić information content (AvgIpc) is 2.91. The van der Waals surface area contributed by atoms with Crippen molar-refractivity contribution in [1.29, 1.82) is 0 Å². The number of aromatic nitrogens is 2. The smallest absolute Gasteiger partial charge is 0.0534 e. The quantitative estimate of drug-likeness (QED) is 0.933. The van der Waals surface area contributed by atoms with E-state index in [1.54, 1.807) is 0 Å². The van der Waals surface area contributed by atoms with E-state index in [0.717, 1.165) is 13.0 Å². The largest absolute Gasteiger partial charge is 0.312 e. The molecule has 4 nitrogen and oxygen atoms in total. The number of hydrogen-bond acceptors (Lipinski definition) is 3. The highest BCUT2D eigenvalue weighted by molar-refractivity contribution is 5.34. The van der Waals surface area contributed by atoms with Gasteiger partial charge in [-0.05, 0) is 38.1 Å². The average molecular weight is 284 g/mol. The summed E-state index contributed by atoms with van der Waals surface area (Å²) in [6.07, 6.45) is 6.42. The van der Waals surface area contributed by atoms with E-state index in [0.29, 0.717) is 12.1 Å². The molecule has 0 radical (unpaired) electrons. The summed E-state index contributed by atoms with van der Waals surface area (Å²) in [6.45, 7) is 0.943. The molecule has 0 saturated carbocycles. The fraction of sp³-hybridized carbons (Fsp3) is 0.471. The molecule has 1 N–H and O–H groups in total. The molecule has 1 aromatic heterocycles. The van der Waals surface area contributed by atoms with Crippen LogP contribution >= 0.6 is 0 Å². The molecule has 2 unspecified atom stereocenters. The Kier molecular flexibility index (Phi) is 4.08. The van der Waals surface area contributed by atoms with E-state index >= 15 is 0 Å². The molecule has 112 valence electrons. The maximum absolute atomic E-state index is 4.26. The maximum Gasteiger partial charge on any atom is 0.0534 e. The third kappa shape index (κ3) is 2.87. The van der Waals surface area contributed by atoms with Gasteiger partial charge >= 0.3 is 0 Å². The number of fused-ring (bicyclic) bond motifs is 1. The van der Waals surface area contributed by atoms with Crippen molar-refractivity contribution in [1.82, 2.24) is 20.0 Å². The molecule has 21 heavy (non-hydrogen) atoms. The standard InChI is InChI=1S/C17H24N4/c1-18-17-15-7-5-4-6-14(15)8-9-16(17)20(2)11-13-10-19-21(3)12-13/h4-7,10,12,16-18H,8-9,11H2,1-3H3. The molecule has 2 aromatic rings. The Hall–Kier alpha value is -1.65. The first-order valence-corrected chi connectivity index (χ1v) is 7.62. The second kappa shape index (κ2) is 6.00. The summed E-state index contributed by atoms with van der Waals surface area (Å²) >= 11 is 0. The first-order valence-electron chi connectivity index (χ1n) is 7.62. The minimum atomic E-state index is 0.400. The van der Waals surface area contributed by atoms with Crippen molar-refractivity contribution in [2.45, 2.75) is 31.5 Å². The number of benzene rings is 1. The van der Waals surface area contributed by atoms with E-state index in [-0.39, 0.29) is 0 Å². The van der Waals surface area contributed by atoms with Gasteiger partial charge in [0.05, 0.1) is 6.20 Å². The fourth-order valence-corrected chi connectivity index (χ4v) is 3.52. The number of nitrogens with zero attached hydrogens (tertiary/aromatic N) is 3. The molecule has 0 bridgehead atoms. The molecule has 3 rings (SSSR count). The Morgan fingerprint density at radius 3 is 2.90 bits per heavy atom. The van der Waals surface area contributed by atoms with Crippen LogP contribution in [-0.4, -0.2) is 34.8 Å². The first kappa shape index (κ1) is 14.3. The molecule has 1 aromatic carbocycles. The van der Waals surface area contributed by atoms with Gasteiger partial charge < -0.3 is 5.32 Å². The van der Waals surface area contributed by atoms with Crippen molar-refractivity contribution in [3.8, 4) is 0 Å². The molecule has 0 amide bonds. The van der Waals surface area contributed by atoms with Crippen LogP contribution in [0.25, 0.3) is 0 Å². The normalized spacial score (nSPS) is 21.5. The van der Waals surface area contributed by atoms with Crippen molar-refractivity contribution in [3.63, 3.8) is 0 Å². The summed E-state index contributed by atoms with van der Waals surface area (Å²) < 4.78 is 1.87.